The van der Waals surface area contributed by atoms with E-state index in [-0.39, 0.29) is 0 Å². The minimum absolute atomic E-state index is 0.797. The minimum Gasteiger partial charge on any atom is -0.368 e. The van der Waals surface area contributed by atoms with Crippen molar-refractivity contribution >= 4 is 33.1 Å². The third kappa shape index (κ3) is 4.08. The molecule has 168 valence electrons. The lowest BCUT2D eigenvalue weighted by atomic mass is 9.97. The van der Waals surface area contributed by atoms with Crippen molar-refractivity contribution in [1.29, 1.82) is 0 Å². The topological polar surface area (TPSA) is 45.2 Å². The summed E-state index contributed by atoms with van der Waals surface area (Å²) in [4.78, 5) is 22.2. The molecule has 0 spiro atoms. The van der Waals surface area contributed by atoms with Crippen LogP contribution in [-0.2, 0) is 12.8 Å². The molecule has 1 aliphatic heterocycles. The summed E-state index contributed by atoms with van der Waals surface area (Å²) in [6.45, 7) is 3.95. The summed E-state index contributed by atoms with van der Waals surface area (Å²) in [5.41, 5.74) is 3.82. The molecule has 4 aromatic rings. The lowest BCUT2D eigenvalue weighted by molar-refractivity contribution is 0.623. The molecule has 6 heteroatoms. The van der Waals surface area contributed by atoms with E-state index in [0.29, 0.717) is 0 Å². The molecule has 33 heavy (non-hydrogen) atoms. The molecule has 1 aliphatic carbocycles. The zero-order valence-corrected chi connectivity index (χ0v) is 19.7. The van der Waals surface area contributed by atoms with Gasteiger partial charge in [0.15, 0.2) is 5.82 Å². The standard InChI is InChI=1S/C27H29N5S/c1-2-7-13-23-22(12-6-1)24-26(29-25(30-27(24)33-23)20-9-8-14-28-19-20)32-17-15-31(16-18-32)21-10-4-3-5-11-21/h3-5,8-11,14,19H,1-2,6-7,12-13,15-18H2. The van der Waals surface area contributed by atoms with Crippen molar-refractivity contribution < 1.29 is 0 Å². The Hall–Kier alpha value is -2.99. The first-order valence-corrected chi connectivity index (χ1v) is 13.0. The summed E-state index contributed by atoms with van der Waals surface area (Å²) < 4.78 is 0. The quantitative estimate of drug-likeness (QED) is 0.394. The Kier molecular flexibility index (Phi) is 5.68. The van der Waals surface area contributed by atoms with E-state index < -0.39 is 0 Å². The number of nitrogens with zero attached hydrogens (tertiary/aromatic N) is 5. The number of piperazine rings is 1. The molecule has 5 nitrogen and oxygen atoms in total. The monoisotopic (exact) mass is 455 g/mol. The molecule has 1 aromatic carbocycles. The number of anilines is 2. The lowest BCUT2D eigenvalue weighted by Crippen LogP contribution is -2.47. The van der Waals surface area contributed by atoms with E-state index in [0.717, 1.165) is 54.6 Å². The molecule has 1 saturated heterocycles. The maximum atomic E-state index is 5.19. The van der Waals surface area contributed by atoms with Crippen LogP contribution in [0.1, 0.15) is 36.1 Å². The van der Waals surface area contributed by atoms with Gasteiger partial charge in [-0.2, -0.15) is 0 Å². The van der Waals surface area contributed by atoms with Crippen molar-refractivity contribution in [3.8, 4) is 11.4 Å². The molecular weight excluding hydrogens is 426 g/mol. The number of hydrogen-bond donors (Lipinski definition) is 0. The first-order valence-electron chi connectivity index (χ1n) is 12.1. The Morgan fingerprint density at radius 1 is 0.758 bits per heavy atom. The number of hydrogen-bond acceptors (Lipinski definition) is 6. The summed E-state index contributed by atoms with van der Waals surface area (Å²) >= 11 is 1.90. The Morgan fingerprint density at radius 3 is 2.33 bits per heavy atom. The second-order valence-corrected chi connectivity index (χ2v) is 10.1. The molecule has 0 radical (unpaired) electrons. The largest absolute Gasteiger partial charge is 0.368 e. The second-order valence-electron chi connectivity index (χ2n) is 9.02. The van der Waals surface area contributed by atoms with Crippen LogP contribution in [0.25, 0.3) is 21.6 Å². The van der Waals surface area contributed by atoms with Crippen molar-refractivity contribution in [2.45, 2.75) is 38.5 Å². The molecule has 0 unspecified atom stereocenters. The van der Waals surface area contributed by atoms with Crippen LogP contribution in [0, 0.1) is 0 Å². The maximum Gasteiger partial charge on any atom is 0.164 e. The predicted molar refractivity (Wildman–Crippen MR) is 137 cm³/mol. The van der Waals surface area contributed by atoms with E-state index in [9.17, 15) is 0 Å². The highest BCUT2D eigenvalue weighted by molar-refractivity contribution is 7.19. The minimum atomic E-state index is 0.797. The van der Waals surface area contributed by atoms with E-state index in [2.05, 4.69) is 51.2 Å². The van der Waals surface area contributed by atoms with Gasteiger partial charge in [0, 0.05) is 54.7 Å². The molecule has 2 aliphatic rings. The van der Waals surface area contributed by atoms with Gasteiger partial charge in [0.1, 0.15) is 10.6 Å². The Labute approximate surface area is 199 Å². The molecule has 0 bridgehead atoms. The lowest BCUT2D eigenvalue weighted by Gasteiger charge is -2.37. The number of thiophene rings is 1. The smallest absolute Gasteiger partial charge is 0.164 e. The summed E-state index contributed by atoms with van der Waals surface area (Å²) in [5.74, 6) is 1.93. The number of pyridine rings is 1. The van der Waals surface area contributed by atoms with Crippen molar-refractivity contribution in [3.63, 3.8) is 0 Å². The molecular formula is C27H29N5S. The molecule has 0 atom stereocenters. The van der Waals surface area contributed by atoms with Crippen molar-refractivity contribution in [3.05, 3.63) is 65.3 Å². The molecule has 0 amide bonds. The molecule has 4 heterocycles. The van der Waals surface area contributed by atoms with Crippen LogP contribution in [-0.4, -0.2) is 41.1 Å². The van der Waals surface area contributed by atoms with Gasteiger partial charge in [-0.25, -0.2) is 9.97 Å². The molecule has 1 fully saturated rings. The average molecular weight is 456 g/mol. The maximum absolute atomic E-state index is 5.19. The van der Waals surface area contributed by atoms with Gasteiger partial charge in [0.2, 0.25) is 0 Å². The highest BCUT2D eigenvalue weighted by Gasteiger charge is 2.26. The van der Waals surface area contributed by atoms with E-state index >= 15 is 0 Å². The van der Waals surface area contributed by atoms with Crippen LogP contribution in [0.5, 0.6) is 0 Å². The normalized spacial score (nSPS) is 17.0. The first-order chi connectivity index (χ1) is 16.4. The number of aromatic nitrogens is 3. The molecule has 6 rings (SSSR count). The number of aryl methyl sites for hydroxylation is 2. The van der Waals surface area contributed by atoms with Crippen molar-refractivity contribution in [2.24, 2.45) is 0 Å². The molecule has 0 saturated carbocycles. The number of fused-ring (bicyclic) bond motifs is 3. The van der Waals surface area contributed by atoms with Gasteiger partial charge in [-0.15, -0.1) is 11.3 Å². The van der Waals surface area contributed by atoms with Crippen LogP contribution >= 0.6 is 11.3 Å². The van der Waals surface area contributed by atoms with Crippen LogP contribution < -0.4 is 9.80 Å². The second kappa shape index (κ2) is 9.10. The Balaban J connectivity index is 1.41. The summed E-state index contributed by atoms with van der Waals surface area (Å²) in [6, 6.07) is 14.8. The van der Waals surface area contributed by atoms with Crippen molar-refractivity contribution in [2.75, 3.05) is 36.0 Å². The van der Waals surface area contributed by atoms with Gasteiger partial charge in [-0.1, -0.05) is 31.0 Å². The SMILES string of the molecule is c1ccc(N2CCN(c3nc(-c4cccnc4)nc4sc5c(c34)CCCCCC5)CC2)cc1. The average Bonchev–Trinajstić information content (AvgIpc) is 3.21. The molecule has 3 aromatic heterocycles. The zero-order chi connectivity index (χ0) is 22.0. The first kappa shape index (κ1) is 20.6. The highest BCUT2D eigenvalue weighted by Crippen LogP contribution is 2.40. The van der Waals surface area contributed by atoms with Crippen molar-refractivity contribution in [1.82, 2.24) is 15.0 Å². The Morgan fingerprint density at radius 2 is 1.55 bits per heavy atom. The van der Waals surface area contributed by atoms with Crippen LogP contribution in [0.4, 0.5) is 11.5 Å². The van der Waals surface area contributed by atoms with Crippen LogP contribution in [0.2, 0.25) is 0 Å². The summed E-state index contributed by atoms with van der Waals surface area (Å²) in [7, 11) is 0. The van der Waals surface area contributed by atoms with Gasteiger partial charge in [-0.3, -0.25) is 4.98 Å². The van der Waals surface area contributed by atoms with E-state index in [4.69, 9.17) is 9.97 Å². The van der Waals surface area contributed by atoms with Gasteiger partial charge in [-0.05, 0) is 55.5 Å². The fourth-order valence-electron chi connectivity index (χ4n) is 5.16. The zero-order valence-electron chi connectivity index (χ0n) is 18.9. The Bertz CT molecular complexity index is 1230. The van der Waals surface area contributed by atoms with E-state index in [1.54, 1.807) is 0 Å². The molecule has 0 N–H and O–H groups in total. The third-order valence-electron chi connectivity index (χ3n) is 6.92. The fourth-order valence-corrected chi connectivity index (χ4v) is 6.42. The van der Waals surface area contributed by atoms with Gasteiger partial charge in [0.25, 0.3) is 0 Å². The van der Waals surface area contributed by atoms with Gasteiger partial charge in [0.05, 0.1) is 5.39 Å². The highest BCUT2D eigenvalue weighted by atomic mass is 32.1. The van der Waals surface area contributed by atoms with Gasteiger partial charge < -0.3 is 9.80 Å². The van der Waals surface area contributed by atoms with Gasteiger partial charge >= 0.3 is 0 Å². The fraction of sp³-hybridized carbons (Fsp3) is 0.370. The van der Waals surface area contributed by atoms with Crippen LogP contribution in [0.15, 0.2) is 54.9 Å². The van der Waals surface area contributed by atoms with E-state index in [1.807, 2.05) is 29.8 Å². The summed E-state index contributed by atoms with van der Waals surface area (Å²) in [5, 5.41) is 1.32. The predicted octanol–water partition coefficient (Wildman–Crippen LogP) is 5.74. The number of benzene rings is 1. The van der Waals surface area contributed by atoms with Crippen LogP contribution in [0.3, 0.4) is 0 Å². The van der Waals surface area contributed by atoms with E-state index in [1.165, 1.54) is 53.6 Å². The number of para-hydroxylation sites is 1. The summed E-state index contributed by atoms with van der Waals surface area (Å²) in [6.07, 6.45) is 11.2. The number of rotatable bonds is 3. The third-order valence-corrected chi connectivity index (χ3v) is 8.10.